The summed E-state index contributed by atoms with van der Waals surface area (Å²) in [5.74, 6) is 2.75. The number of rotatable bonds is 4. The van der Waals surface area contributed by atoms with Gasteiger partial charge in [0.25, 0.3) is 0 Å². The maximum atomic E-state index is 13.4. The van der Waals surface area contributed by atoms with Gasteiger partial charge in [-0.1, -0.05) is 30.3 Å². The first-order valence-electron chi connectivity index (χ1n) is 10.00. The molecule has 6 rings (SSSR count). The number of carbonyl (C=O) groups excluding carboxylic acids is 1. The summed E-state index contributed by atoms with van der Waals surface area (Å²) in [6.45, 7) is 2.20. The standard InChI is InChI=1S/C22H29NO/c24-20(11-16-6-8-23-9-7-16)22-13-17-10-19(22)14-21(12-17,15-22)18-4-2-1-3-5-18/h1-5,16-17,19,23H,6-15H2. The zero-order chi connectivity index (χ0) is 16.2. The topological polar surface area (TPSA) is 29.1 Å². The second-order valence-corrected chi connectivity index (χ2v) is 9.21. The van der Waals surface area contributed by atoms with E-state index in [-0.39, 0.29) is 5.41 Å². The molecular weight excluding hydrogens is 294 g/mol. The third kappa shape index (κ3) is 2.15. The van der Waals surface area contributed by atoms with Crippen molar-refractivity contribution in [1.29, 1.82) is 0 Å². The van der Waals surface area contributed by atoms with E-state index in [1.807, 2.05) is 0 Å². The number of carbonyl (C=O) groups is 1. The fraction of sp³-hybridized carbons (Fsp3) is 0.682. The third-order valence-electron chi connectivity index (χ3n) is 7.90. The number of benzene rings is 1. The van der Waals surface area contributed by atoms with Crippen LogP contribution in [-0.2, 0) is 10.2 Å². The van der Waals surface area contributed by atoms with Crippen LogP contribution in [0, 0.1) is 23.2 Å². The highest BCUT2D eigenvalue weighted by Gasteiger charge is 2.66. The van der Waals surface area contributed by atoms with Crippen molar-refractivity contribution in [1.82, 2.24) is 5.32 Å². The molecule has 1 aliphatic heterocycles. The molecule has 0 radical (unpaired) electrons. The largest absolute Gasteiger partial charge is 0.317 e. The van der Waals surface area contributed by atoms with Crippen molar-refractivity contribution in [2.75, 3.05) is 13.1 Å². The van der Waals surface area contributed by atoms with Crippen LogP contribution in [0.25, 0.3) is 0 Å². The predicted octanol–water partition coefficient (Wildman–Crippen LogP) is 4.09. The lowest BCUT2D eigenvalue weighted by Gasteiger charge is -2.41. The molecule has 4 atom stereocenters. The molecule has 1 saturated heterocycles. The van der Waals surface area contributed by atoms with Crippen molar-refractivity contribution in [3.63, 3.8) is 0 Å². The molecule has 4 unspecified atom stereocenters. The molecule has 128 valence electrons. The van der Waals surface area contributed by atoms with Gasteiger partial charge < -0.3 is 5.32 Å². The molecule has 0 amide bonds. The molecule has 0 spiro atoms. The van der Waals surface area contributed by atoms with Gasteiger partial charge in [0, 0.05) is 11.8 Å². The number of Topliss-reactive ketones (excluding diaryl/α,β-unsaturated/α-hetero) is 1. The molecular formula is C22H29NO. The Morgan fingerprint density at radius 3 is 2.67 bits per heavy atom. The fourth-order valence-corrected chi connectivity index (χ4v) is 7.02. The second-order valence-electron chi connectivity index (χ2n) is 9.21. The van der Waals surface area contributed by atoms with E-state index in [1.54, 1.807) is 0 Å². The van der Waals surface area contributed by atoms with Gasteiger partial charge in [0.15, 0.2) is 0 Å². The summed E-state index contributed by atoms with van der Waals surface area (Å²) in [5.41, 5.74) is 1.87. The van der Waals surface area contributed by atoms with E-state index in [0.29, 0.717) is 23.0 Å². The zero-order valence-electron chi connectivity index (χ0n) is 14.6. The van der Waals surface area contributed by atoms with Crippen molar-refractivity contribution < 1.29 is 4.79 Å². The molecule has 1 heterocycles. The summed E-state index contributed by atoms with van der Waals surface area (Å²) in [5, 5.41) is 3.43. The first-order chi connectivity index (χ1) is 11.7. The predicted molar refractivity (Wildman–Crippen MR) is 95.8 cm³/mol. The van der Waals surface area contributed by atoms with E-state index in [9.17, 15) is 4.79 Å². The van der Waals surface area contributed by atoms with Crippen molar-refractivity contribution >= 4 is 5.78 Å². The van der Waals surface area contributed by atoms with E-state index in [4.69, 9.17) is 0 Å². The first kappa shape index (κ1) is 15.1. The molecule has 4 saturated carbocycles. The maximum Gasteiger partial charge on any atom is 0.139 e. The van der Waals surface area contributed by atoms with Crippen LogP contribution in [0.2, 0.25) is 0 Å². The minimum absolute atomic E-state index is 0.0453. The number of nitrogens with one attached hydrogen (secondary N) is 1. The quantitative estimate of drug-likeness (QED) is 0.904. The van der Waals surface area contributed by atoms with Crippen molar-refractivity contribution in [3.8, 4) is 0 Å². The fourth-order valence-electron chi connectivity index (χ4n) is 7.02. The molecule has 0 aromatic heterocycles. The van der Waals surface area contributed by atoms with E-state index >= 15 is 0 Å². The molecule has 1 aromatic carbocycles. The minimum atomic E-state index is 0.0453. The Morgan fingerprint density at radius 2 is 1.88 bits per heavy atom. The monoisotopic (exact) mass is 323 g/mol. The van der Waals surface area contributed by atoms with Crippen LogP contribution in [0.5, 0.6) is 0 Å². The molecule has 4 bridgehead atoms. The van der Waals surface area contributed by atoms with Gasteiger partial charge in [0.05, 0.1) is 0 Å². The molecule has 24 heavy (non-hydrogen) atoms. The van der Waals surface area contributed by atoms with E-state index in [2.05, 4.69) is 35.6 Å². The van der Waals surface area contributed by atoms with Gasteiger partial charge in [0.2, 0.25) is 0 Å². The lowest BCUT2D eigenvalue weighted by atomic mass is 9.62. The highest BCUT2D eigenvalue weighted by Crippen LogP contribution is 2.71. The number of hydrogen-bond acceptors (Lipinski definition) is 2. The highest BCUT2D eigenvalue weighted by molar-refractivity contribution is 5.87. The molecule has 2 nitrogen and oxygen atoms in total. The van der Waals surface area contributed by atoms with Crippen LogP contribution >= 0.6 is 0 Å². The van der Waals surface area contributed by atoms with Gasteiger partial charge in [-0.3, -0.25) is 4.79 Å². The SMILES string of the molecule is O=C(CC1CCNCC1)C12CC3CC1CC(c1ccccc1)(C3)C2. The molecule has 4 aliphatic carbocycles. The van der Waals surface area contributed by atoms with Gasteiger partial charge in [0.1, 0.15) is 5.78 Å². The summed E-state index contributed by atoms with van der Waals surface area (Å²) >= 11 is 0. The zero-order valence-corrected chi connectivity index (χ0v) is 14.6. The van der Waals surface area contributed by atoms with Crippen LogP contribution < -0.4 is 5.32 Å². The lowest BCUT2D eigenvalue weighted by molar-refractivity contribution is -0.131. The minimum Gasteiger partial charge on any atom is -0.317 e. The van der Waals surface area contributed by atoms with Gasteiger partial charge in [-0.15, -0.1) is 0 Å². The number of hydrogen-bond donors (Lipinski definition) is 1. The highest BCUT2D eigenvalue weighted by atomic mass is 16.1. The molecule has 2 heteroatoms. The number of ketones is 1. The smallest absolute Gasteiger partial charge is 0.139 e. The van der Waals surface area contributed by atoms with Crippen molar-refractivity contribution in [2.24, 2.45) is 23.2 Å². The van der Waals surface area contributed by atoms with Crippen molar-refractivity contribution in [3.05, 3.63) is 35.9 Å². The average molecular weight is 323 g/mol. The normalized spacial score (nSPS) is 41.0. The van der Waals surface area contributed by atoms with Crippen molar-refractivity contribution in [2.45, 2.75) is 56.8 Å². The van der Waals surface area contributed by atoms with Crippen LogP contribution in [0.3, 0.4) is 0 Å². The Kier molecular flexibility index (Phi) is 3.42. The summed E-state index contributed by atoms with van der Waals surface area (Å²) < 4.78 is 0. The lowest BCUT2D eigenvalue weighted by Crippen LogP contribution is -2.39. The van der Waals surface area contributed by atoms with Crippen LogP contribution in [0.4, 0.5) is 0 Å². The Hall–Kier alpha value is -1.15. The third-order valence-corrected chi connectivity index (χ3v) is 7.90. The molecule has 5 aliphatic rings. The second kappa shape index (κ2) is 5.42. The number of piperidine rings is 1. The first-order valence-corrected chi connectivity index (χ1v) is 10.00. The van der Waals surface area contributed by atoms with E-state index in [0.717, 1.165) is 31.8 Å². The summed E-state index contributed by atoms with van der Waals surface area (Å²) in [6.07, 6.45) is 9.52. The maximum absolute atomic E-state index is 13.4. The van der Waals surface area contributed by atoms with E-state index < -0.39 is 0 Å². The summed E-state index contributed by atoms with van der Waals surface area (Å²) in [4.78, 5) is 13.4. The van der Waals surface area contributed by atoms with Crippen LogP contribution in [0.1, 0.15) is 56.9 Å². The van der Waals surface area contributed by atoms with Crippen LogP contribution in [0.15, 0.2) is 30.3 Å². The Labute approximate surface area is 145 Å². The Morgan fingerprint density at radius 1 is 1.08 bits per heavy atom. The summed E-state index contributed by atoms with van der Waals surface area (Å²) in [7, 11) is 0. The van der Waals surface area contributed by atoms with Crippen LogP contribution in [-0.4, -0.2) is 18.9 Å². The summed E-state index contributed by atoms with van der Waals surface area (Å²) in [6, 6.07) is 11.1. The molecule has 1 N–H and O–H groups in total. The molecule has 5 fully saturated rings. The van der Waals surface area contributed by atoms with Gasteiger partial charge in [-0.25, -0.2) is 0 Å². The van der Waals surface area contributed by atoms with Gasteiger partial charge in [-0.05, 0) is 86.8 Å². The molecule has 1 aromatic rings. The van der Waals surface area contributed by atoms with Gasteiger partial charge >= 0.3 is 0 Å². The Bertz CT molecular complexity index is 635. The van der Waals surface area contributed by atoms with E-state index in [1.165, 1.54) is 44.1 Å². The Balaban J connectivity index is 1.41. The average Bonchev–Trinajstić information content (AvgIpc) is 3.01. The van der Waals surface area contributed by atoms with Gasteiger partial charge in [-0.2, -0.15) is 0 Å².